The Labute approximate surface area is 78.3 Å². The molecule has 0 N–H and O–H groups in total. The predicted octanol–water partition coefficient (Wildman–Crippen LogP) is 1.75. The quantitative estimate of drug-likeness (QED) is 0.648. The summed E-state index contributed by atoms with van der Waals surface area (Å²) in [5.41, 5.74) is 1.37. The summed E-state index contributed by atoms with van der Waals surface area (Å²) in [6.07, 6.45) is 0. The first-order valence-corrected chi connectivity index (χ1v) is 3.47. The maximum absolute atomic E-state index is 2.16. The molecular formula is C9H13NNi. The minimum atomic E-state index is 0. The van der Waals surface area contributed by atoms with Gasteiger partial charge in [-0.2, -0.15) is 0 Å². The Hall–Kier alpha value is -0.326. The third-order valence-corrected chi connectivity index (χ3v) is 1.34. The molecule has 11 heavy (non-hydrogen) atoms. The second-order valence-corrected chi connectivity index (χ2v) is 2.72. The molecule has 0 amide bonds. The van der Waals surface area contributed by atoms with Gasteiger partial charge >= 0.3 is 0 Å². The summed E-state index contributed by atoms with van der Waals surface area (Å²) >= 11 is 0. The van der Waals surface area contributed by atoms with Crippen LogP contribution >= 0.6 is 0 Å². The predicted molar refractivity (Wildman–Crippen MR) is 43.8 cm³/mol. The maximum atomic E-state index is 2.16. The number of rotatable bonds is 2. The molecule has 0 heterocycles. The minimum absolute atomic E-state index is 0. The minimum Gasteiger partial charge on any atom is -0.305 e. The zero-order valence-electron chi connectivity index (χ0n) is 6.86. The first-order valence-electron chi connectivity index (χ1n) is 3.47. The molecule has 64 valence electrons. The Kier molecular flexibility index (Phi) is 5.18. The van der Waals surface area contributed by atoms with Crippen LogP contribution in [0.2, 0.25) is 0 Å². The van der Waals surface area contributed by atoms with E-state index in [1.165, 1.54) is 5.56 Å². The fourth-order valence-electron chi connectivity index (χ4n) is 0.949. The molecule has 0 saturated heterocycles. The molecule has 1 rings (SSSR count). The largest absolute Gasteiger partial charge is 0.305 e. The number of hydrogen-bond donors (Lipinski definition) is 0. The average molecular weight is 194 g/mol. The number of hydrogen-bond acceptors (Lipinski definition) is 1. The Morgan fingerprint density at radius 1 is 1.09 bits per heavy atom. The molecule has 0 aliphatic carbocycles. The summed E-state index contributed by atoms with van der Waals surface area (Å²) in [7, 11) is 4.15. The summed E-state index contributed by atoms with van der Waals surface area (Å²) in [5.74, 6) is 0. The molecular weight excluding hydrogens is 181 g/mol. The van der Waals surface area contributed by atoms with Gasteiger partial charge in [-0.1, -0.05) is 30.3 Å². The Bertz CT molecular complexity index is 184. The van der Waals surface area contributed by atoms with Crippen molar-refractivity contribution >= 4 is 0 Å². The molecule has 1 aromatic carbocycles. The van der Waals surface area contributed by atoms with Crippen molar-refractivity contribution in [3.05, 3.63) is 35.9 Å². The van der Waals surface area contributed by atoms with Crippen LogP contribution in [0.3, 0.4) is 0 Å². The summed E-state index contributed by atoms with van der Waals surface area (Å²) in [4.78, 5) is 2.16. The van der Waals surface area contributed by atoms with Gasteiger partial charge in [0.2, 0.25) is 0 Å². The van der Waals surface area contributed by atoms with Gasteiger partial charge in [-0.15, -0.1) is 0 Å². The van der Waals surface area contributed by atoms with Crippen LogP contribution in [0.4, 0.5) is 0 Å². The Morgan fingerprint density at radius 2 is 1.64 bits per heavy atom. The van der Waals surface area contributed by atoms with Crippen molar-refractivity contribution < 1.29 is 16.5 Å². The van der Waals surface area contributed by atoms with E-state index in [2.05, 4.69) is 43.3 Å². The summed E-state index contributed by atoms with van der Waals surface area (Å²) < 4.78 is 0. The molecule has 0 saturated carbocycles. The normalized spacial score (nSPS) is 9.36. The molecule has 0 aliphatic rings. The van der Waals surface area contributed by atoms with E-state index in [1.807, 2.05) is 6.07 Å². The SMILES string of the molecule is CN(C)Cc1ccccc1.[Ni]. The Morgan fingerprint density at radius 3 is 2.09 bits per heavy atom. The van der Waals surface area contributed by atoms with Gasteiger partial charge in [0.1, 0.15) is 0 Å². The van der Waals surface area contributed by atoms with Crippen molar-refractivity contribution in [2.24, 2.45) is 0 Å². The summed E-state index contributed by atoms with van der Waals surface area (Å²) in [6, 6.07) is 10.5. The zero-order chi connectivity index (χ0) is 7.40. The molecule has 1 nitrogen and oxygen atoms in total. The van der Waals surface area contributed by atoms with Crippen LogP contribution in [0.15, 0.2) is 30.3 Å². The van der Waals surface area contributed by atoms with E-state index in [0.29, 0.717) is 0 Å². The second kappa shape index (κ2) is 5.34. The van der Waals surface area contributed by atoms with E-state index in [4.69, 9.17) is 0 Å². The molecule has 0 radical (unpaired) electrons. The fraction of sp³-hybridized carbons (Fsp3) is 0.333. The van der Waals surface area contributed by atoms with E-state index in [1.54, 1.807) is 0 Å². The molecule has 2 heteroatoms. The number of benzene rings is 1. The topological polar surface area (TPSA) is 3.24 Å². The van der Waals surface area contributed by atoms with Crippen molar-refractivity contribution in [2.45, 2.75) is 6.54 Å². The van der Waals surface area contributed by atoms with E-state index in [-0.39, 0.29) is 16.5 Å². The number of nitrogens with zero attached hydrogens (tertiary/aromatic N) is 1. The molecule has 0 fully saturated rings. The average Bonchev–Trinajstić information content (AvgIpc) is 1.88. The molecule has 0 atom stereocenters. The van der Waals surface area contributed by atoms with Crippen LogP contribution in [0.5, 0.6) is 0 Å². The van der Waals surface area contributed by atoms with Crippen molar-refractivity contribution in [1.82, 2.24) is 4.90 Å². The van der Waals surface area contributed by atoms with Crippen molar-refractivity contribution in [2.75, 3.05) is 14.1 Å². The van der Waals surface area contributed by atoms with Gasteiger partial charge in [-0.25, -0.2) is 0 Å². The molecule has 0 bridgehead atoms. The smallest absolute Gasteiger partial charge is 0.0227 e. The van der Waals surface area contributed by atoms with Crippen molar-refractivity contribution in [3.8, 4) is 0 Å². The van der Waals surface area contributed by atoms with E-state index in [0.717, 1.165) is 6.54 Å². The van der Waals surface area contributed by atoms with Crippen molar-refractivity contribution in [1.29, 1.82) is 0 Å². The third kappa shape index (κ3) is 4.18. The maximum Gasteiger partial charge on any atom is 0.0227 e. The van der Waals surface area contributed by atoms with Crippen LogP contribution in [0.1, 0.15) is 5.56 Å². The van der Waals surface area contributed by atoms with Gasteiger partial charge in [0.05, 0.1) is 0 Å². The van der Waals surface area contributed by atoms with Gasteiger partial charge in [-0.3, -0.25) is 0 Å². The van der Waals surface area contributed by atoms with Crippen LogP contribution in [-0.2, 0) is 23.0 Å². The van der Waals surface area contributed by atoms with Crippen LogP contribution in [0, 0.1) is 0 Å². The second-order valence-electron chi connectivity index (χ2n) is 2.72. The van der Waals surface area contributed by atoms with Gasteiger partial charge in [0, 0.05) is 23.0 Å². The molecule has 0 aliphatic heterocycles. The first kappa shape index (κ1) is 10.7. The van der Waals surface area contributed by atoms with Gasteiger partial charge in [0.15, 0.2) is 0 Å². The standard InChI is InChI=1S/C9H13N.Ni/c1-10(2)8-9-6-4-3-5-7-9;/h3-7H,8H2,1-2H3;. The zero-order valence-corrected chi connectivity index (χ0v) is 7.84. The van der Waals surface area contributed by atoms with Crippen LogP contribution < -0.4 is 0 Å². The van der Waals surface area contributed by atoms with Gasteiger partial charge in [-0.05, 0) is 19.7 Å². The Balaban J connectivity index is 0.000001000. The van der Waals surface area contributed by atoms with Crippen molar-refractivity contribution in [3.63, 3.8) is 0 Å². The first-order chi connectivity index (χ1) is 4.79. The van der Waals surface area contributed by atoms with E-state index >= 15 is 0 Å². The fourth-order valence-corrected chi connectivity index (χ4v) is 0.949. The third-order valence-electron chi connectivity index (χ3n) is 1.34. The molecule has 1 aromatic rings. The van der Waals surface area contributed by atoms with Crippen LogP contribution in [0.25, 0.3) is 0 Å². The van der Waals surface area contributed by atoms with Crippen LogP contribution in [-0.4, -0.2) is 19.0 Å². The summed E-state index contributed by atoms with van der Waals surface area (Å²) in [5, 5.41) is 0. The molecule has 0 unspecified atom stereocenters. The monoisotopic (exact) mass is 193 g/mol. The summed E-state index contributed by atoms with van der Waals surface area (Å²) in [6.45, 7) is 1.03. The van der Waals surface area contributed by atoms with E-state index < -0.39 is 0 Å². The molecule has 0 aromatic heterocycles. The van der Waals surface area contributed by atoms with E-state index in [9.17, 15) is 0 Å². The molecule has 0 spiro atoms. The van der Waals surface area contributed by atoms with Gasteiger partial charge in [0.25, 0.3) is 0 Å². The van der Waals surface area contributed by atoms with Gasteiger partial charge < -0.3 is 4.90 Å².